The lowest BCUT2D eigenvalue weighted by molar-refractivity contribution is -0.320. The topological polar surface area (TPSA) is 89.5 Å². The Morgan fingerprint density at radius 2 is 1.82 bits per heavy atom. The van der Waals surface area contributed by atoms with Gasteiger partial charge in [-0.1, -0.05) is 12.1 Å². The molecule has 0 fully saturated rings. The van der Waals surface area contributed by atoms with E-state index in [1.54, 1.807) is 24.3 Å². The predicted molar refractivity (Wildman–Crippen MR) is 54.8 cm³/mol. The fourth-order valence-electron chi connectivity index (χ4n) is 1.49. The zero-order valence-electron chi connectivity index (χ0n) is 9.34. The van der Waals surface area contributed by atoms with Crippen molar-refractivity contribution in [1.82, 2.24) is 0 Å². The summed E-state index contributed by atoms with van der Waals surface area (Å²) in [6.07, 6.45) is -0.450. The van der Waals surface area contributed by atoms with Crippen LogP contribution in [-0.4, -0.2) is 19.0 Å². The molecule has 17 heavy (non-hydrogen) atoms. The number of ether oxygens (including phenoxy) is 1. The van der Waals surface area contributed by atoms with Crippen LogP contribution in [0.3, 0.4) is 0 Å². The molecular formula is C12H12O5-2. The van der Waals surface area contributed by atoms with E-state index in [2.05, 4.69) is 0 Å². The third-order valence-electron chi connectivity index (χ3n) is 2.39. The van der Waals surface area contributed by atoms with Crippen LogP contribution in [0.25, 0.3) is 0 Å². The van der Waals surface area contributed by atoms with Crippen molar-refractivity contribution in [2.24, 2.45) is 5.92 Å². The van der Waals surface area contributed by atoms with Crippen molar-refractivity contribution < 1.29 is 24.5 Å². The Bertz CT molecular complexity index is 396. The highest BCUT2D eigenvalue weighted by molar-refractivity contribution is 5.75. The number of hydrogen-bond donors (Lipinski definition) is 0. The Morgan fingerprint density at radius 3 is 2.24 bits per heavy atom. The average Bonchev–Trinajstić information content (AvgIpc) is 2.28. The van der Waals surface area contributed by atoms with Crippen LogP contribution < -0.4 is 14.9 Å². The summed E-state index contributed by atoms with van der Waals surface area (Å²) in [7, 11) is 1.52. The summed E-state index contributed by atoms with van der Waals surface area (Å²) < 4.78 is 4.95. The minimum atomic E-state index is -1.40. The van der Waals surface area contributed by atoms with E-state index < -0.39 is 24.3 Å². The SMILES string of the molecule is COc1ccc(C[C@@H](CC(=O)[O-])C(=O)[O-])cc1. The van der Waals surface area contributed by atoms with Crippen LogP contribution in [-0.2, 0) is 16.0 Å². The molecule has 0 spiro atoms. The molecular weight excluding hydrogens is 224 g/mol. The molecule has 0 amide bonds. The molecule has 1 rings (SSSR count). The van der Waals surface area contributed by atoms with Gasteiger partial charge in [-0.3, -0.25) is 0 Å². The fourth-order valence-corrected chi connectivity index (χ4v) is 1.49. The first-order valence-corrected chi connectivity index (χ1v) is 5.06. The van der Waals surface area contributed by atoms with Gasteiger partial charge >= 0.3 is 0 Å². The second-order valence-electron chi connectivity index (χ2n) is 3.64. The number of aliphatic carboxylic acids is 2. The lowest BCUT2D eigenvalue weighted by atomic mass is 9.96. The molecule has 1 aromatic rings. The van der Waals surface area contributed by atoms with E-state index in [-0.39, 0.29) is 6.42 Å². The molecule has 1 atom stereocenters. The summed E-state index contributed by atoms with van der Waals surface area (Å²) in [5, 5.41) is 21.1. The van der Waals surface area contributed by atoms with Gasteiger partial charge in [0.05, 0.1) is 7.11 Å². The van der Waals surface area contributed by atoms with E-state index in [1.807, 2.05) is 0 Å². The molecule has 92 valence electrons. The van der Waals surface area contributed by atoms with Gasteiger partial charge in [0.2, 0.25) is 0 Å². The zero-order chi connectivity index (χ0) is 12.8. The van der Waals surface area contributed by atoms with Crippen molar-refractivity contribution in [3.63, 3.8) is 0 Å². The number of hydrogen-bond acceptors (Lipinski definition) is 5. The molecule has 0 heterocycles. The number of carboxylic acid groups (broad SMARTS) is 2. The molecule has 0 bridgehead atoms. The summed E-state index contributed by atoms with van der Waals surface area (Å²) in [6.45, 7) is 0. The number of carbonyl (C=O) groups is 2. The van der Waals surface area contributed by atoms with Crippen LogP contribution in [0.1, 0.15) is 12.0 Å². The molecule has 1 aromatic carbocycles. The largest absolute Gasteiger partial charge is 0.550 e. The Hall–Kier alpha value is -2.04. The number of carboxylic acids is 2. The summed E-state index contributed by atoms with van der Waals surface area (Å²) in [4.78, 5) is 21.1. The van der Waals surface area contributed by atoms with Crippen LogP contribution in [0.2, 0.25) is 0 Å². The Balaban J connectivity index is 2.71. The number of rotatable bonds is 6. The maximum atomic E-state index is 10.7. The maximum Gasteiger partial charge on any atom is 0.118 e. The van der Waals surface area contributed by atoms with E-state index in [0.29, 0.717) is 11.3 Å². The van der Waals surface area contributed by atoms with Crippen molar-refractivity contribution >= 4 is 11.9 Å². The highest BCUT2D eigenvalue weighted by Gasteiger charge is 2.11. The van der Waals surface area contributed by atoms with Gasteiger partial charge in [0.1, 0.15) is 5.75 Å². The molecule has 0 aliphatic rings. The highest BCUT2D eigenvalue weighted by Crippen LogP contribution is 2.16. The first kappa shape index (κ1) is 13.0. The minimum Gasteiger partial charge on any atom is -0.550 e. The van der Waals surface area contributed by atoms with Crippen LogP contribution in [0.15, 0.2) is 24.3 Å². The standard InChI is InChI=1S/C12H14O5/c1-17-10-4-2-8(3-5-10)6-9(12(15)16)7-11(13)14/h2-5,9H,6-7H2,1H3,(H,13,14)(H,15,16)/p-2/t9-/m0/s1. The van der Waals surface area contributed by atoms with Crippen LogP contribution in [0.5, 0.6) is 5.75 Å². The Morgan fingerprint density at radius 1 is 1.24 bits per heavy atom. The zero-order valence-corrected chi connectivity index (χ0v) is 9.34. The molecule has 0 unspecified atom stereocenters. The minimum absolute atomic E-state index is 0.0975. The second kappa shape index (κ2) is 5.89. The molecule has 0 N–H and O–H groups in total. The summed E-state index contributed by atoms with van der Waals surface area (Å²) in [5.41, 5.74) is 0.709. The lowest BCUT2D eigenvalue weighted by Crippen LogP contribution is -2.37. The fraction of sp³-hybridized carbons (Fsp3) is 0.333. The Labute approximate surface area is 98.6 Å². The first-order chi connectivity index (χ1) is 8.02. The van der Waals surface area contributed by atoms with Gasteiger partial charge < -0.3 is 24.5 Å². The second-order valence-corrected chi connectivity index (χ2v) is 3.64. The smallest absolute Gasteiger partial charge is 0.118 e. The van der Waals surface area contributed by atoms with E-state index in [1.165, 1.54) is 7.11 Å². The van der Waals surface area contributed by atoms with Crippen LogP contribution in [0, 0.1) is 5.92 Å². The normalized spacial score (nSPS) is 11.8. The lowest BCUT2D eigenvalue weighted by Gasteiger charge is -2.18. The van der Waals surface area contributed by atoms with Gasteiger partial charge in [0, 0.05) is 17.9 Å². The summed E-state index contributed by atoms with van der Waals surface area (Å²) >= 11 is 0. The number of carbonyl (C=O) groups excluding carboxylic acids is 2. The molecule has 5 heteroatoms. The van der Waals surface area contributed by atoms with Gasteiger partial charge in [-0.15, -0.1) is 0 Å². The Kier molecular flexibility index (Phi) is 4.51. The van der Waals surface area contributed by atoms with Gasteiger partial charge in [-0.25, -0.2) is 0 Å². The monoisotopic (exact) mass is 236 g/mol. The van der Waals surface area contributed by atoms with Gasteiger partial charge in [-0.2, -0.15) is 0 Å². The van der Waals surface area contributed by atoms with Gasteiger partial charge in [-0.05, 0) is 30.5 Å². The molecule has 5 nitrogen and oxygen atoms in total. The predicted octanol–water partition coefficient (Wildman–Crippen LogP) is -1.26. The highest BCUT2D eigenvalue weighted by atomic mass is 16.5. The quantitative estimate of drug-likeness (QED) is 0.615. The third-order valence-corrected chi connectivity index (χ3v) is 2.39. The number of benzene rings is 1. The first-order valence-electron chi connectivity index (χ1n) is 5.06. The van der Waals surface area contributed by atoms with Crippen LogP contribution in [0.4, 0.5) is 0 Å². The molecule has 0 saturated heterocycles. The van der Waals surface area contributed by atoms with Crippen LogP contribution >= 0.6 is 0 Å². The van der Waals surface area contributed by atoms with Crippen molar-refractivity contribution in [3.05, 3.63) is 29.8 Å². The maximum absolute atomic E-state index is 10.7. The van der Waals surface area contributed by atoms with Crippen molar-refractivity contribution in [2.75, 3.05) is 7.11 Å². The van der Waals surface area contributed by atoms with Gasteiger partial charge in [0.25, 0.3) is 0 Å². The van der Waals surface area contributed by atoms with Crippen molar-refractivity contribution in [3.8, 4) is 5.75 Å². The molecule has 0 saturated carbocycles. The van der Waals surface area contributed by atoms with E-state index >= 15 is 0 Å². The molecule has 0 aliphatic heterocycles. The molecule has 0 aromatic heterocycles. The van der Waals surface area contributed by atoms with E-state index in [9.17, 15) is 19.8 Å². The van der Waals surface area contributed by atoms with E-state index in [4.69, 9.17) is 4.74 Å². The van der Waals surface area contributed by atoms with Gasteiger partial charge in [0.15, 0.2) is 0 Å². The molecule has 0 aliphatic carbocycles. The summed E-state index contributed by atoms with van der Waals surface area (Å²) in [6, 6.07) is 6.73. The van der Waals surface area contributed by atoms with Crippen molar-refractivity contribution in [1.29, 1.82) is 0 Å². The van der Waals surface area contributed by atoms with Crippen molar-refractivity contribution in [2.45, 2.75) is 12.8 Å². The number of methoxy groups -OCH3 is 1. The summed E-state index contributed by atoms with van der Waals surface area (Å²) in [5.74, 6) is -3.20. The molecule has 0 radical (unpaired) electrons. The average molecular weight is 236 g/mol. The van der Waals surface area contributed by atoms with E-state index in [0.717, 1.165) is 0 Å². The third kappa shape index (κ3) is 4.14.